The van der Waals surface area contributed by atoms with Gasteiger partial charge in [0.25, 0.3) is 0 Å². The minimum absolute atomic E-state index is 0.230. The normalized spacial score (nSPS) is 12.8. The van der Waals surface area contributed by atoms with Crippen molar-refractivity contribution in [2.24, 2.45) is 11.3 Å². The maximum Gasteiger partial charge on any atom is 0.331 e. The van der Waals surface area contributed by atoms with Crippen LogP contribution in [0.4, 0.5) is 0 Å². The maximum absolute atomic E-state index is 12.5. The van der Waals surface area contributed by atoms with Crippen LogP contribution in [0.15, 0.2) is 42.6 Å². The summed E-state index contributed by atoms with van der Waals surface area (Å²) in [6, 6.07) is 13.7. The Kier molecular flexibility index (Phi) is 12.5. The molecular weight excluding hydrogens is 432 g/mol. The van der Waals surface area contributed by atoms with Crippen LogP contribution in [0.25, 0.3) is 11.3 Å². The summed E-state index contributed by atoms with van der Waals surface area (Å²) in [4.78, 5) is 17.2. The van der Waals surface area contributed by atoms with Gasteiger partial charge >= 0.3 is 5.97 Å². The predicted molar refractivity (Wildman–Crippen MR) is 144 cm³/mol. The molecule has 1 atom stereocenters. The summed E-state index contributed by atoms with van der Waals surface area (Å²) in [7, 11) is 0. The fourth-order valence-electron chi connectivity index (χ4n) is 4.46. The molecule has 0 amide bonds. The van der Waals surface area contributed by atoms with E-state index in [1.54, 1.807) is 19.1 Å². The first-order chi connectivity index (χ1) is 16.9. The van der Waals surface area contributed by atoms with Crippen molar-refractivity contribution in [1.29, 1.82) is 5.26 Å². The largest absolute Gasteiger partial charge is 0.425 e. The predicted octanol–water partition coefficient (Wildman–Crippen LogP) is 8.69. The van der Waals surface area contributed by atoms with Crippen LogP contribution in [-0.4, -0.2) is 11.0 Å². The van der Waals surface area contributed by atoms with Crippen LogP contribution >= 0.6 is 0 Å². The summed E-state index contributed by atoms with van der Waals surface area (Å²) in [5, 5.41) is 9.47. The Labute approximate surface area is 213 Å². The van der Waals surface area contributed by atoms with Gasteiger partial charge in [-0.15, -0.1) is 0 Å². The average Bonchev–Trinajstić information content (AvgIpc) is 2.85. The number of pyridine rings is 1. The Morgan fingerprint density at radius 2 is 1.54 bits per heavy atom. The van der Waals surface area contributed by atoms with E-state index in [9.17, 15) is 10.1 Å². The molecule has 1 unspecified atom stereocenters. The van der Waals surface area contributed by atoms with Gasteiger partial charge in [-0.1, -0.05) is 84.6 Å². The molecule has 2 aromatic rings. The molecule has 0 aliphatic carbocycles. The lowest BCUT2D eigenvalue weighted by molar-refractivity contribution is -0.142. The molecule has 0 aliphatic heterocycles. The lowest BCUT2D eigenvalue weighted by atomic mass is 9.83. The Morgan fingerprint density at radius 1 is 0.943 bits per heavy atom. The summed E-state index contributed by atoms with van der Waals surface area (Å²) in [5.74, 6) is 0.172. The third-order valence-corrected chi connectivity index (χ3v) is 6.52. The van der Waals surface area contributed by atoms with Gasteiger partial charge in [-0.3, -0.25) is 4.98 Å². The van der Waals surface area contributed by atoms with Crippen LogP contribution in [0, 0.1) is 22.7 Å². The highest BCUT2D eigenvalue weighted by atomic mass is 16.5. The van der Waals surface area contributed by atoms with Gasteiger partial charge in [0, 0.05) is 11.8 Å². The van der Waals surface area contributed by atoms with Crippen LogP contribution in [0.2, 0.25) is 0 Å². The Bertz CT molecular complexity index is 912. The van der Waals surface area contributed by atoms with Crippen molar-refractivity contribution in [3.8, 4) is 23.1 Å². The van der Waals surface area contributed by atoms with E-state index in [-0.39, 0.29) is 5.92 Å². The molecule has 0 N–H and O–H groups in total. The molecule has 4 heteroatoms. The third kappa shape index (κ3) is 10.2. The van der Waals surface area contributed by atoms with E-state index in [2.05, 4.69) is 30.1 Å². The van der Waals surface area contributed by atoms with Crippen molar-refractivity contribution in [2.45, 2.75) is 105 Å². The lowest BCUT2D eigenvalue weighted by Crippen LogP contribution is -2.32. The summed E-state index contributed by atoms with van der Waals surface area (Å²) < 4.78 is 5.50. The Morgan fingerprint density at radius 3 is 2.06 bits per heavy atom. The highest BCUT2D eigenvalue weighted by Gasteiger charge is 2.36. The van der Waals surface area contributed by atoms with Crippen LogP contribution in [0.1, 0.15) is 104 Å². The fraction of sp³-hybridized carbons (Fsp3) is 0.581. The van der Waals surface area contributed by atoms with E-state index < -0.39 is 11.4 Å². The van der Waals surface area contributed by atoms with Gasteiger partial charge in [-0.25, -0.2) is 4.79 Å². The molecule has 0 saturated heterocycles. The minimum Gasteiger partial charge on any atom is -0.425 e. The maximum atomic E-state index is 12.5. The number of carbonyl (C=O) groups is 1. The Balaban J connectivity index is 1.76. The zero-order valence-electron chi connectivity index (χ0n) is 22.3. The van der Waals surface area contributed by atoms with Gasteiger partial charge in [0.2, 0.25) is 0 Å². The molecule has 35 heavy (non-hydrogen) atoms. The number of aromatic nitrogens is 1. The average molecular weight is 477 g/mol. The number of carbonyl (C=O) groups excluding carboxylic acids is 1. The topological polar surface area (TPSA) is 63.0 Å². The van der Waals surface area contributed by atoms with Gasteiger partial charge in [0.05, 0.1) is 11.8 Å². The van der Waals surface area contributed by atoms with E-state index in [1.165, 1.54) is 69.8 Å². The van der Waals surface area contributed by atoms with Gasteiger partial charge in [0.15, 0.2) is 5.41 Å². The van der Waals surface area contributed by atoms with Crippen molar-refractivity contribution >= 4 is 5.97 Å². The van der Waals surface area contributed by atoms with Gasteiger partial charge in [-0.2, -0.15) is 5.26 Å². The molecule has 4 nitrogen and oxygen atoms in total. The summed E-state index contributed by atoms with van der Waals surface area (Å²) >= 11 is 0. The zero-order chi connectivity index (χ0) is 25.5. The molecule has 0 aliphatic rings. The highest BCUT2D eigenvalue weighted by molar-refractivity contribution is 5.81. The van der Waals surface area contributed by atoms with Gasteiger partial charge in [0.1, 0.15) is 5.75 Å². The van der Waals surface area contributed by atoms with Crippen molar-refractivity contribution in [3.05, 3.63) is 48.2 Å². The summed E-state index contributed by atoms with van der Waals surface area (Å²) in [6.07, 6.45) is 17.0. The first-order valence-corrected chi connectivity index (χ1v) is 13.6. The zero-order valence-corrected chi connectivity index (χ0v) is 22.3. The number of nitriles is 1. The van der Waals surface area contributed by atoms with E-state index in [4.69, 9.17) is 4.74 Å². The lowest BCUT2D eigenvalue weighted by Gasteiger charge is -2.21. The first-order valence-electron chi connectivity index (χ1n) is 13.6. The van der Waals surface area contributed by atoms with Gasteiger partial charge < -0.3 is 4.74 Å². The fourth-order valence-corrected chi connectivity index (χ4v) is 4.46. The van der Waals surface area contributed by atoms with Crippen LogP contribution < -0.4 is 4.74 Å². The second-order valence-electron chi connectivity index (χ2n) is 10.4. The third-order valence-electron chi connectivity index (χ3n) is 6.52. The Hall–Kier alpha value is -2.67. The van der Waals surface area contributed by atoms with Crippen LogP contribution in [-0.2, 0) is 11.2 Å². The quantitative estimate of drug-likeness (QED) is 0.138. The summed E-state index contributed by atoms with van der Waals surface area (Å²) in [5.41, 5.74) is 2.01. The molecule has 0 radical (unpaired) electrons. The van der Waals surface area contributed by atoms with Crippen molar-refractivity contribution in [1.82, 2.24) is 4.98 Å². The molecule has 0 bridgehead atoms. The number of rotatable bonds is 16. The monoisotopic (exact) mass is 476 g/mol. The second kappa shape index (κ2) is 15.4. The van der Waals surface area contributed by atoms with E-state index in [1.807, 2.05) is 32.2 Å². The highest BCUT2D eigenvalue weighted by Crippen LogP contribution is 2.29. The molecule has 2 rings (SSSR count). The molecular formula is C31H44N2O2. The summed E-state index contributed by atoms with van der Waals surface area (Å²) in [6.45, 7) is 7.90. The smallest absolute Gasteiger partial charge is 0.331 e. The minimum atomic E-state index is -1.14. The SMILES string of the molecule is CCCCCCCCCCCCc1ccc(-c2ccc(OC(=O)C(C)(C#N)CC(C)C)cc2)nc1. The van der Waals surface area contributed by atoms with Crippen LogP contribution in [0.3, 0.4) is 0 Å². The number of aryl methyl sites for hydroxylation is 1. The second-order valence-corrected chi connectivity index (χ2v) is 10.4. The van der Waals surface area contributed by atoms with E-state index >= 15 is 0 Å². The van der Waals surface area contributed by atoms with E-state index in [0.717, 1.165) is 17.7 Å². The number of hydrogen-bond acceptors (Lipinski definition) is 4. The molecule has 190 valence electrons. The van der Waals surface area contributed by atoms with Crippen molar-refractivity contribution < 1.29 is 9.53 Å². The number of ether oxygens (including phenoxy) is 1. The van der Waals surface area contributed by atoms with Crippen LogP contribution in [0.5, 0.6) is 5.75 Å². The molecule has 0 fully saturated rings. The number of benzene rings is 1. The van der Waals surface area contributed by atoms with Crippen molar-refractivity contribution in [3.63, 3.8) is 0 Å². The number of nitrogens with zero attached hydrogens (tertiary/aromatic N) is 2. The number of esters is 1. The number of unbranched alkanes of at least 4 members (excludes halogenated alkanes) is 9. The molecule has 1 heterocycles. The van der Waals surface area contributed by atoms with Gasteiger partial charge in [-0.05, 0) is 68.0 Å². The molecule has 1 aromatic heterocycles. The standard InChI is InChI=1S/C31H44N2O2/c1-5-6-7-8-9-10-11-12-13-14-15-26-16-21-29(33-23-26)27-17-19-28(20-18-27)35-30(34)31(4,24-32)22-25(2)3/h16-21,23,25H,5-15,22H2,1-4H3. The number of hydrogen-bond donors (Lipinski definition) is 0. The molecule has 0 spiro atoms. The van der Waals surface area contributed by atoms with Crippen molar-refractivity contribution in [2.75, 3.05) is 0 Å². The molecule has 0 saturated carbocycles. The van der Waals surface area contributed by atoms with E-state index in [0.29, 0.717) is 12.2 Å². The molecule has 1 aromatic carbocycles. The first kappa shape index (κ1) is 28.6.